The highest BCUT2D eigenvalue weighted by Crippen LogP contribution is 2.28. The summed E-state index contributed by atoms with van der Waals surface area (Å²) in [5.41, 5.74) is 1.33. The molecular formula is C19H20N2O2S. The number of amides is 1. The number of nitrogens with zero attached hydrogens (tertiary/aromatic N) is 1. The fraction of sp³-hybridized carbons (Fsp3) is 0.263. The molecule has 1 fully saturated rings. The van der Waals surface area contributed by atoms with Crippen molar-refractivity contribution < 1.29 is 9.59 Å². The molecule has 5 heteroatoms. The molecule has 2 aromatic carbocycles. The second-order valence-electron chi connectivity index (χ2n) is 5.83. The fourth-order valence-corrected chi connectivity index (χ4v) is 3.55. The maximum atomic E-state index is 12.8. The Labute approximate surface area is 146 Å². The van der Waals surface area contributed by atoms with Crippen molar-refractivity contribution in [2.45, 2.75) is 12.8 Å². The number of hydrogen-bond acceptors (Lipinski definition) is 4. The quantitative estimate of drug-likeness (QED) is 0.866. The van der Waals surface area contributed by atoms with Gasteiger partial charge in [-0.3, -0.25) is 9.59 Å². The van der Waals surface area contributed by atoms with Gasteiger partial charge in [0, 0.05) is 23.9 Å². The van der Waals surface area contributed by atoms with Gasteiger partial charge in [-0.2, -0.15) is 0 Å². The Kier molecular flexibility index (Phi) is 5.67. The maximum Gasteiger partial charge on any atom is 0.240 e. The van der Waals surface area contributed by atoms with Gasteiger partial charge in [0.05, 0.1) is 5.69 Å². The third-order valence-corrected chi connectivity index (χ3v) is 5.03. The average molecular weight is 340 g/mol. The Morgan fingerprint density at radius 1 is 1.04 bits per heavy atom. The van der Waals surface area contributed by atoms with Crippen LogP contribution < -0.4 is 9.62 Å². The van der Waals surface area contributed by atoms with Gasteiger partial charge in [0.1, 0.15) is 0 Å². The van der Waals surface area contributed by atoms with Crippen molar-refractivity contribution >= 4 is 28.7 Å². The van der Waals surface area contributed by atoms with Crippen LogP contribution in [0.4, 0.5) is 5.69 Å². The Balaban J connectivity index is 1.77. The molecule has 0 spiro atoms. The molecule has 0 aromatic heterocycles. The monoisotopic (exact) mass is 340 g/mol. The van der Waals surface area contributed by atoms with E-state index in [1.165, 1.54) is 4.31 Å². The number of anilines is 1. The predicted molar refractivity (Wildman–Crippen MR) is 97.9 cm³/mol. The Morgan fingerprint density at radius 2 is 1.71 bits per heavy atom. The van der Waals surface area contributed by atoms with Crippen LogP contribution in [0, 0.1) is 5.92 Å². The highest BCUT2D eigenvalue weighted by atomic mass is 32.2. The zero-order chi connectivity index (χ0) is 16.8. The second kappa shape index (κ2) is 8.13. The largest absolute Gasteiger partial charge is 0.316 e. The number of hydrogen-bond donors (Lipinski definition) is 1. The molecular weight excluding hydrogens is 320 g/mol. The van der Waals surface area contributed by atoms with Crippen LogP contribution in [0.3, 0.4) is 0 Å². The van der Waals surface area contributed by atoms with Gasteiger partial charge in [0.2, 0.25) is 11.0 Å². The Hall–Kier alpha value is -2.11. The van der Waals surface area contributed by atoms with Crippen molar-refractivity contribution in [2.75, 3.05) is 17.4 Å². The normalized spacial score (nSPS) is 16.8. The number of carbonyl (C=O) groups is 2. The number of benzene rings is 2. The van der Waals surface area contributed by atoms with Crippen LogP contribution in [0.2, 0.25) is 0 Å². The van der Waals surface area contributed by atoms with Gasteiger partial charge in [0.25, 0.3) is 0 Å². The molecule has 1 heterocycles. The number of nitrogens with one attached hydrogen (secondary N) is 1. The van der Waals surface area contributed by atoms with Gasteiger partial charge < -0.3 is 5.32 Å². The summed E-state index contributed by atoms with van der Waals surface area (Å²) in [5.74, 6) is 0.320. The van der Waals surface area contributed by atoms with E-state index in [-0.39, 0.29) is 11.0 Å². The molecule has 1 unspecified atom stereocenters. The molecule has 24 heavy (non-hydrogen) atoms. The minimum Gasteiger partial charge on any atom is -0.316 e. The molecule has 0 bridgehead atoms. The summed E-state index contributed by atoms with van der Waals surface area (Å²) in [4.78, 5) is 25.3. The van der Waals surface area contributed by atoms with E-state index in [4.69, 9.17) is 0 Å². The first-order valence-corrected chi connectivity index (χ1v) is 8.87. The van der Waals surface area contributed by atoms with Crippen LogP contribution in [-0.2, 0) is 4.79 Å². The number of para-hydroxylation sites is 1. The van der Waals surface area contributed by atoms with Gasteiger partial charge in [-0.05, 0) is 37.6 Å². The van der Waals surface area contributed by atoms with E-state index in [2.05, 4.69) is 5.32 Å². The second-order valence-corrected chi connectivity index (χ2v) is 6.75. The summed E-state index contributed by atoms with van der Waals surface area (Å²) >= 11 is 0.967. The number of rotatable bonds is 4. The summed E-state index contributed by atoms with van der Waals surface area (Å²) in [7, 11) is 0. The molecule has 124 valence electrons. The van der Waals surface area contributed by atoms with E-state index in [0.717, 1.165) is 37.1 Å². The summed E-state index contributed by atoms with van der Waals surface area (Å²) in [5, 5.41) is 3.15. The van der Waals surface area contributed by atoms with Crippen LogP contribution >= 0.6 is 11.9 Å². The van der Waals surface area contributed by atoms with Crippen LogP contribution in [0.5, 0.6) is 0 Å². The SMILES string of the molecule is O=C(SN(C(=O)CC1CCNC1)c1ccccc1)c1ccccc1. The molecule has 0 radical (unpaired) electrons. The molecule has 4 nitrogen and oxygen atoms in total. The van der Waals surface area contributed by atoms with Crippen LogP contribution in [0.25, 0.3) is 0 Å². The van der Waals surface area contributed by atoms with E-state index < -0.39 is 0 Å². The van der Waals surface area contributed by atoms with E-state index in [1.807, 2.05) is 48.5 Å². The Morgan fingerprint density at radius 3 is 2.33 bits per heavy atom. The van der Waals surface area contributed by atoms with Crippen molar-refractivity contribution in [3.05, 3.63) is 66.2 Å². The lowest BCUT2D eigenvalue weighted by molar-refractivity contribution is -0.118. The van der Waals surface area contributed by atoms with Crippen molar-refractivity contribution in [3.63, 3.8) is 0 Å². The van der Waals surface area contributed by atoms with E-state index >= 15 is 0 Å². The third-order valence-electron chi connectivity index (χ3n) is 4.03. The molecule has 1 N–H and O–H groups in total. The highest BCUT2D eigenvalue weighted by molar-refractivity contribution is 8.15. The third kappa shape index (κ3) is 4.24. The maximum absolute atomic E-state index is 12.8. The van der Waals surface area contributed by atoms with Crippen molar-refractivity contribution in [3.8, 4) is 0 Å². The first-order chi connectivity index (χ1) is 11.7. The molecule has 0 aliphatic carbocycles. The lowest BCUT2D eigenvalue weighted by Crippen LogP contribution is -2.28. The lowest BCUT2D eigenvalue weighted by Gasteiger charge is -2.22. The number of carbonyl (C=O) groups excluding carboxylic acids is 2. The van der Waals surface area contributed by atoms with Gasteiger partial charge in [0.15, 0.2) is 0 Å². The zero-order valence-corrected chi connectivity index (χ0v) is 14.2. The van der Waals surface area contributed by atoms with Gasteiger partial charge in [-0.25, -0.2) is 4.31 Å². The van der Waals surface area contributed by atoms with E-state index in [9.17, 15) is 9.59 Å². The standard InChI is InChI=1S/C19H20N2O2S/c22-18(13-15-11-12-20-14-15)21(17-9-5-2-6-10-17)24-19(23)16-7-3-1-4-8-16/h1-10,15,20H,11-14H2. The van der Waals surface area contributed by atoms with Crippen molar-refractivity contribution in [2.24, 2.45) is 5.92 Å². The molecule has 2 aromatic rings. The predicted octanol–water partition coefficient (Wildman–Crippen LogP) is 3.51. The van der Waals surface area contributed by atoms with Gasteiger partial charge in [-0.15, -0.1) is 0 Å². The fourth-order valence-electron chi connectivity index (χ4n) is 2.74. The van der Waals surface area contributed by atoms with Gasteiger partial charge in [-0.1, -0.05) is 48.5 Å². The summed E-state index contributed by atoms with van der Waals surface area (Å²) in [6.07, 6.45) is 1.46. The van der Waals surface area contributed by atoms with Gasteiger partial charge >= 0.3 is 0 Å². The lowest BCUT2D eigenvalue weighted by atomic mass is 10.0. The highest BCUT2D eigenvalue weighted by Gasteiger charge is 2.25. The first kappa shape index (κ1) is 16.7. The topological polar surface area (TPSA) is 49.4 Å². The Bertz CT molecular complexity index is 685. The summed E-state index contributed by atoms with van der Waals surface area (Å²) in [6, 6.07) is 18.4. The molecule has 1 aliphatic heterocycles. The minimum atomic E-state index is -0.127. The molecule has 1 saturated heterocycles. The molecule has 1 atom stereocenters. The van der Waals surface area contributed by atoms with Crippen LogP contribution in [0.1, 0.15) is 23.2 Å². The molecule has 1 aliphatic rings. The minimum absolute atomic E-state index is 0.0239. The average Bonchev–Trinajstić information content (AvgIpc) is 3.14. The van der Waals surface area contributed by atoms with E-state index in [1.54, 1.807) is 12.1 Å². The summed E-state index contributed by atoms with van der Waals surface area (Å²) in [6.45, 7) is 1.82. The van der Waals surface area contributed by atoms with Crippen molar-refractivity contribution in [1.29, 1.82) is 0 Å². The smallest absolute Gasteiger partial charge is 0.240 e. The van der Waals surface area contributed by atoms with Crippen LogP contribution in [-0.4, -0.2) is 24.1 Å². The first-order valence-electron chi connectivity index (χ1n) is 8.10. The summed E-state index contributed by atoms with van der Waals surface area (Å²) < 4.78 is 1.54. The van der Waals surface area contributed by atoms with Crippen LogP contribution in [0.15, 0.2) is 60.7 Å². The molecule has 0 saturated carbocycles. The zero-order valence-electron chi connectivity index (χ0n) is 13.4. The van der Waals surface area contributed by atoms with Crippen molar-refractivity contribution in [1.82, 2.24) is 5.32 Å². The molecule has 3 rings (SSSR count). The molecule has 1 amide bonds. The van der Waals surface area contributed by atoms with E-state index in [0.29, 0.717) is 17.9 Å².